The van der Waals surface area contributed by atoms with Crippen molar-refractivity contribution in [3.8, 4) is 0 Å². The largest absolute Gasteiger partial charge is 0.353 e. The Balaban J connectivity index is 2.41. The van der Waals surface area contributed by atoms with Crippen LogP contribution < -0.4 is 5.32 Å². The summed E-state index contributed by atoms with van der Waals surface area (Å²) in [4.78, 5) is 8.21. The van der Waals surface area contributed by atoms with Crippen LogP contribution in [0.5, 0.6) is 0 Å². The van der Waals surface area contributed by atoms with Gasteiger partial charge in [-0.15, -0.1) is 0 Å². The first-order valence-corrected chi connectivity index (χ1v) is 6.04. The number of aromatic nitrogens is 2. The molecule has 1 aromatic rings. The van der Waals surface area contributed by atoms with Crippen molar-refractivity contribution in [1.82, 2.24) is 9.97 Å². The van der Waals surface area contributed by atoms with E-state index in [2.05, 4.69) is 44.4 Å². The standard InChI is InChI=1S/C8H12BrN3S/c1-6(13-2)3-10-8-11-4-7(9)5-12-8/h4-6H,3H2,1-2H3,(H,10,11,12). The van der Waals surface area contributed by atoms with Crippen LogP contribution in [0.4, 0.5) is 5.95 Å². The van der Waals surface area contributed by atoms with Crippen molar-refractivity contribution < 1.29 is 0 Å². The molecule has 0 aromatic carbocycles. The highest BCUT2D eigenvalue weighted by Gasteiger charge is 1.99. The van der Waals surface area contributed by atoms with Gasteiger partial charge in [-0.2, -0.15) is 11.8 Å². The highest BCUT2D eigenvalue weighted by atomic mass is 79.9. The third-order valence-corrected chi connectivity index (χ3v) is 2.95. The van der Waals surface area contributed by atoms with Gasteiger partial charge in [0, 0.05) is 24.2 Å². The summed E-state index contributed by atoms with van der Waals surface area (Å²) in [5.41, 5.74) is 0. The summed E-state index contributed by atoms with van der Waals surface area (Å²) in [7, 11) is 0. The lowest BCUT2D eigenvalue weighted by Crippen LogP contribution is -2.14. The molecule has 1 N–H and O–H groups in total. The second-order valence-electron chi connectivity index (χ2n) is 2.65. The van der Waals surface area contributed by atoms with Gasteiger partial charge in [-0.05, 0) is 22.2 Å². The van der Waals surface area contributed by atoms with Gasteiger partial charge >= 0.3 is 0 Å². The van der Waals surface area contributed by atoms with Crippen LogP contribution in [0.3, 0.4) is 0 Å². The summed E-state index contributed by atoms with van der Waals surface area (Å²) in [6.45, 7) is 3.05. The smallest absolute Gasteiger partial charge is 0.222 e. The molecule has 0 spiro atoms. The summed E-state index contributed by atoms with van der Waals surface area (Å²) in [5.74, 6) is 0.684. The molecule has 13 heavy (non-hydrogen) atoms. The number of hydrogen-bond donors (Lipinski definition) is 1. The van der Waals surface area contributed by atoms with E-state index in [-0.39, 0.29) is 0 Å². The third kappa shape index (κ3) is 3.95. The van der Waals surface area contributed by atoms with Gasteiger partial charge in [-0.3, -0.25) is 0 Å². The Morgan fingerprint density at radius 3 is 2.69 bits per heavy atom. The number of nitrogens with one attached hydrogen (secondary N) is 1. The zero-order chi connectivity index (χ0) is 9.68. The zero-order valence-electron chi connectivity index (χ0n) is 7.62. The molecule has 72 valence electrons. The second-order valence-corrected chi connectivity index (χ2v) is 4.84. The number of hydrogen-bond acceptors (Lipinski definition) is 4. The van der Waals surface area contributed by atoms with Crippen molar-refractivity contribution in [3.05, 3.63) is 16.9 Å². The van der Waals surface area contributed by atoms with Crippen LogP contribution in [-0.2, 0) is 0 Å². The normalized spacial score (nSPS) is 12.5. The molecule has 0 aliphatic carbocycles. The first-order chi connectivity index (χ1) is 6.22. The molecule has 0 aliphatic rings. The van der Waals surface area contributed by atoms with Gasteiger partial charge in [-0.25, -0.2) is 9.97 Å². The van der Waals surface area contributed by atoms with Crippen molar-refractivity contribution in [2.24, 2.45) is 0 Å². The lowest BCUT2D eigenvalue weighted by molar-refractivity contribution is 0.970. The summed E-state index contributed by atoms with van der Waals surface area (Å²) in [6, 6.07) is 0. The highest BCUT2D eigenvalue weighted by molar-refractivity contribution is 9.10. The predicted molar refractivity (Wildman–Crippen MR) is 61.2 cm³/mol. The summed E-state index contributed by atoms with van der Waals surface area (Å²) in [6.07, 6.45) is 5.56. The van der Waals surface area contributed by atoms with Crippen LogP contribution in [0.15, 0.2) is 16.9 Å². The molecule has 1 atom stereocenters. The van der Waals surface area contributed by atoms with E-state index in [0.717, 1.165) is 11.0 Å². The number of rotatable bonds is 4. The quantitative estimate of drug-likeness (QED) is 0.904. The van der Waals surface area contributed by atoms with Crippen molar-refractivity contribution >= 4 is 33.6 Å². The number of anilines is 1. The summed E-state index contributed by atoms with van der Waals surface area (Å²) in [5, 5.41) is 3.73. The molecular weight excluding hydrogens is 250 g/mol. The van der Waals surface area contributed by atoms with E-state index in [1.165, 1.54) is 0 Å². The molecule has 5 heteroatoms. The average molecular weight is 262 g/mol. The number of halogens is 1. The van der Waals surface area contributed by atoms with Gasteiger partial charge in [0.05, 0.1) is 4.47 Å². The lowest BCUT2D eigenvalue weighted by atomic mass is 10.5. The Morgan fingerprint density at radius 2 is 2.15 bits per heavy atom. The molecule has 0 bridgehead atoms. The van der Waals surface area contributed by atoms with E-state index >= 15 is 0 Å². The Morgan fingerprint density at radius 1 is 1.54 bits per heavy atom. The topological polar surface area (TPSA) is 37.8 Å². The SMILES string of the molecule is CSC(C)CNc1ncc(Br)cn1. The van der Waals surface area contributed by atoms with Gasteiger partial charge in [0.2, 0.25) is 5.95 Å². The minimum Gasteiger partial charge on any atom is -0.353 e. The fourth-order valence-electron chi connectivity index (χ4n) is 0.722. The maximum Gasteiger partial charge on any atom is 0.222 e. The first-order valence-electron chi connectivity index (χ1n) is 3.96. The molecule has 0 fully saturated rings. The molecule has 0 saturated heterocycles. The fraction of sp³-hybridized carbons (Fsp3) is 0.500. The van der Waals surface area contributed by atoms with Crippen molar-refractivity contribution in [2.75, 3.05) is 18.1 Å². The molecular formula is C8H12BrN3S. The molecule has 0 aliphatic heterocycles. The lowest BCUT2D eigenvalue weighted by Gasteiger charge is -2.08. The molecule has 3 nitrogen and oxygen atoms in total. The number of nitrogens with zero attached hydrogens (tertiary/aromatic N) is 2. The second kappa shape index (κ2) is 5.44. The molecule has 0 saturated carbocycles. The molecule has 1 rings (SSSR count). The predicted octanol–water partition coefficient (Wildman–Crippen LogP) is 2.40. The monoisotopic (exact) mass is 261 g/mol. The van der Waals surface area contributed by atoms with Gasteiger partial charge in [-0.1, -0.05) is 6.92 Å². The summed E-state index contributed by atoms with van der Waals surface area (Å²) >= 11 is 5.10. The van der Waals surface area contributed by atoms with Crippen LogP contribution in [0.2, 0.25) is 0 Å². The average Bonchev–Trinajstić information content (AvgIpc) is 2.16. The Hall–Kier alpha value is -0.290. The van der Waals surface area contributed by atoms with E-state index in [9.17, 15) is 0 Å². The van der Waals surface area contributed by atoms with Gasteiger partial charge in [0.15, 0.2) is 0 Å². The molecule has 0 amide bonds. The number of thioether (sulfide) groups is 1. The van der Waals surface area contributed by atoms with Crippen LogP contribution >= 0.6 is 27.7 Å². The Bertz CT molecular complexity index is 252. The fourth-order valence-corrected chi connectivity index (χ4v) is 1.18. The van der Waals surface area contributed by atoms with Crippen LogP contribution in [0, 0.1) is 0 Å². The Labute approximate surface area is 90.9 Å². The van der Waals surface area contributed by atoms with Crippen molar-refractivity contribution in [3.63, 3.8) is 0 Å². The van der Waals surface area contributed by atoms with E-state index in [1.807, 2.05) is 11.8 Å². The Kier molecular flexibility index (Phi) is 4.52. The van der Waals surface area contributed by atoms with Gasteiger partial charge < -0.3 is 5.32 Å². The maximum atomic E-state index is 4.11. The third-order valence-electron chi connectivity index (χ3n) is 1.57. The van der Waals surface area contributed by atoms with E-state index in [1.54, 1.807) is 12.4 Å². The molecule has 0 radical (unpaired) electrons. The maximum absolute atomic E-state index is 4.11. The summed E-state index contributed by atoms with van der Waals surface area (Å²) < 4.78 is 0.899. The van der Waals surface area contributed by atoms with E-state index in [4.69, 9.17) is 0 Å². The van der Waals surface area contributed by atoms with Gasteiger partial charge in [0.1, 0.15) is 0 Å². The van der Waals surface area contributed by atoms with Crippen molar-refractivity contribution in [1.29, 1.82) is 0 Å². The molecule has 1 unspecified atom stereocenters. The first kappa shape index (κ1) is 10.8. The van der Waals surface area contributed by atoms with E-state index < -0.39 is 0 Å². The van der Waals surface area contributed by atoms with Crippen molar-refractivity contribution in [2.45, 2.75) is 12.2 Å². The van der Waals surface area contributed by atoms with Crippen LogP contribution in [0.1, 0.15) is 6.92 Å². The molecule has 1 aromatic heterocycles. The highest BCUT2D eigenvalue weighted by Crippen LogP contribution is 2.08. The minimum absolute atomic E-state index is 0.576. The minimum atomic E-state index is 0.576. The van der Waals surface area contributed by atoms with E-state index in [0.29, 0.717) is 11.2 Å². The zero-order valence-corrected chi connectivity index (χ0v) is 10.0. The van der Waals surface area contributed by atoms with Crippen LogP contribution in [0.25, 0.3) is 0 Å². The van der Waals surface area contributed by atoms with Gasteiger partial charge in [0.25, 0.3) is 0 Å². The van der Waals surface area contributed by atoms with Crippen LogP contribution in [-0.4, -0.2) is 28.0 Å². The molecule has 1 heterocycles.